The Hall–Kier alpha value is -1.96. The van der Waals surface area contributed by atoms with Crippen LogP contribution >= 0.6 is 23.2 Å². The van der Waals surface area contributed by atoms with E-state index in [4.69, 9.17) is 27.9 Å². The Bertz CT molecular complexity index is 933. The highest BCUT2D eigenvalue weighted by Crippen LogP contribution is 2.23. The summed E-state index contributed by atoms with van der Waals surface area (Å²) in [5.74, 6) is 0.155. The van der Waals surface area contributed by atoms with Gasteiger partial charge in [0.2, 0.25) is 15.9 Å². The Kier molecular flexibility index (Phi) is 7.57. The number of nitrogens with zero attached hydrogens (tertiary/aromatic N) is 1. The molecule has 0 radical (unpaired) electrons. The standard InChI is InChI=1S/C19H22Cl2N2O4S/c1-13-4-9-17(12-18(13)21)27-11-10-22-19(24)14(2)23(28(3,25)26)16-7-5-15(20)6-8-16/h4-9,12,14H,10-11H2,1-3H3,(H,22,24)/t14-/m1/s1. The number of carbonyl (C=O) groups is 1. The molecule has 0 fully saturated rings. The summed E-state index contributed by atoms with van der Waals surface area (Å²) in [6.45, 7) is 3.85. The highest BCUT2D eigenvalue weighted by Gasteiger charge is 2.28. The summed E-state index contributed by atoms with van der Waals surface area (Å²) in [6.07, 6.45) is 1.05. The van der Waals surface area contributed by atoms with Crippen LogP contribution in [0.1, 0.15) is 12.5 Å². The molecule has 6 nitrogen and oxygen atoms in total. The van der Waals surface area contributed by atoms with E-state index >= 15 is 0 Å². The number of halogens is 2. The number of hydrogen-bond donors (Lipinski definition) is 1. The first-order valence-electron chi connectivity index (χ1n) is 8.51. The lowest BCUT2D eigenvalue weighted by atomic mass is 10.2. The SMILES string of the molecule is Cc1ccc(OCCNC(=O)[C@@H](C)N(c2ccc(Cl)cc2)S(C)(=O)=O)cc1Cl. The summed E-state index contributed by atoms with van der Waals surface area (Å²) in [4.78, 5) is 12.5. The van der Waals surface area contributed by atoms with E-state index in [1.807, 2.05) is 13.0 Å². The van der Waals surface area contributed by atoms with Crippen LogP contribution in [0.25, 0.3) is 0 Å². The largest absolute Gasteiger partial charge is 0.492 e. The summed E-state index contributed by atoms with van der Waals surface area (Å²) in [5.41, 5.74) is 1.30. The van der Waals surface area contributed by atoms with Gasteiger partial charge in [-0.05, 0) is 55.8 Å². The van der Waals surface area contributed by atoms with Crippen molar-refractivity contribution in [2.75, 3.05) is 23.7 Å². The van der Waals surface area contributed by atoms with Gasteiger partial charge in [-0.25, -0.2) is 8.42 Å². The van der Waals surface area contributed by atoms with Crippen LogP contribution < -0.4 is 14.4 Å². The van der Waals surface area contributed by atoms with Crippen molar-refractivity contribution in [3.8, 4) is 5.75 Å². The van der Waals surface area contributed by atoms with Crippen molar-refractivity contribution in [1.82, 2.24) is 5.32 Å². The van der Waals surface area contributed by atoms with E-state index in [0.717, 1.165) is 16.1 Å². The minimum absolute atomic E-state index is 0.215. The van der Waals surface area contributed by atoms with Gasteiger partial charge in [0.05, 0.1) is 18.5 Å². The molecular weight excluding hydrogens is 423 g/mol. The number of amides is 1. The normalized spacial score (nSPS) is 12.3. The van der Waals surface area contributed by atoms with Crippen molar-refractivity contribution in [2.45, 2.75) is 19.9 Å². The minimum Gasteiger partial charge on any atom is -0.492 e. The minimum atomic E-state index is -3.67. The molecular formula is C19H22Cl2N2O4S. The van der Waals surface area contributed by atoms with Crippen molar-refractivity contribution in [3.05, 3.63) is 58.1 Å². The summed E-state index contributed by atoms with van der Waals surface area (Å²) in [6, 6.07) is 10.6. The van der Waals surface area contributed by atoms with Gasteiger partial charge in [0.25, 0.3) is 0 Å². The molecule has 1 N–H and O–H groups in total. The number of hydrogen-bond acceptors (Lipinski definition) is 4. The highest BCUT2D eigenvalue weighted by atomic mass is 35.5. The summed E-state index contributed by atoms with van der Waals surface area (Å²) in [5, 5.41) is 3.76. The van der Waals surface area contributed by atoms with Crippen molar-refractivity contribution in [2.24, 2.45) is 0 Å². The predicted molar refractivity (Wildman–Crippen MR) is 113 cm³/mol. The molecule has 2 aromatic carbocycles. The number of aryl methyl sites for hydroxylation is 1. The van der Waals surface area contributed by atoms with E-state index in [9.17, 15) is 13.2 Å². The Morgan fingerprint density at radius 2 is 1.82 bits per heavy atom. The molecule has 0 heterocycles. The van der Waals surface area contributed by atoms with Gasteiger partial charge in [-0.1, -0.05) is 29.3 Å². The molecule has 0 aliphatic rings. The molecule has 0 aliphatic heterocycles. The van der Waals surface area contributed by atoms with E-state index in [0.29, 0.717) is 21.5 Å². The molecule has 0 unspecified atom stereocenters. The van der Waals surface area contributed by atoms with Crippen molar-refractivity contribution < 1.29 is 17.9 Å². The van der Waals surface area contributed by atoms with Gasteiger partial charge in [-0.2, -0.15) is 0 Å². The molecule has 0 saturated carbocycles. The number of sulfonamides is 1. The van der Waals surface area contributed by atoms with Gasteiger partial charge < -0.3 is 10.1 Å². The van der Waals surface area contributed by atoms with E-state index in [2.05, 4.69) is 5.32 Å². The third-order valence-corrected chi connectivity index (χ3v) is 5.88. The summed E-state index contributed by atoms with van der Waals surface area (Å²) < 4.78 is 31.0. The van der Waals surface area contributed by atoms with E-state index in [1.165, 1.54) is 6.92 Å². The third-order valence-electron chi connectivity index (χ3n) is 3.98. The smallest absolute Gasteiger partial charge is 0.243 e. The number of benzene rings is 2. The maximum absolute atomic E-state index is 12.5. The second-order valence-corrected chi connectivity index (χ2v) is 8.96. The molecule has 1 amide bonds. The average Bonchev–Trinajstić information content (AvgIpc) is 2.62. The molecule has 0 bridgehead atoms. The van der Waals surface area contributed by atoms with Crippen LogP contribution in [0.15, 0.2) is 42.5 Å². The first-order chi connectivity index (χ1) is 13.1. The van der Waals surface area contributed by atoms with Crippen LogP contribution in [0, 0.1) is 6.92 Å². The average molecular weight is 445 g/mol. The molecule has 0 saturated heterocycles. The number of anilines is 1. The molecule has 1 atom stereocenters. The molecule has 0 aliphatic carbocycles. The summed E-state index contributed by atoms with van der Waals surface area (Å²) in [7, 11) is -3.67. The van der Waals surface area contributed by atoms with Gasteiger partial charge in [0.1, 0.15) is 18.4 Å². The fourth-order valence-corrected chi connectivity index (χ4v) is 4.02. The van der Waals surface area contributed by atoms with Gasteiger partial charge in [0.15, 0.2) is 0 Å². The highest BCUT2D eigenvalue weighted by molar-refractivity contribution is 7.92. The zero-order valence-electron chi connectivity index (χ0n) is 15.8. The molecule has 0 aromatic heterocycles. The van der Waals surface area contributed by atoms with Gasteiger partial charge >= 0.3 is 0 Å². The van der Waals surface area contributed by atoms with Gasteiger partial charge in [0, 0.05) is 10.0 Å². The van der Waals surface area contributed by atoms with Crippen LogP contribution in [0.5, 0.6) is 5.75 Å². The quantitative estimate of drug-likeness (QED) is 0.630. The van der Waals surface area contributed by atoms with Crippen LogP contribution in [0.3, 0.4) is 0 Å². The zero-order valence-corrected chi connectivity index (χ0v) is 18.1. The predicted octanol–water partition coefficient (Wildman–Crippen LogP) is 3.65. The van der Waals surface area contributed by atoms with E-state index in [1.54, 1.807) is 36.4 Å². The second kappa shape index (κ2) is 9.49. The fourth-order valence-electron chi connectivity index (χ4n) is 2.55. The van der Waals surface area contributed by atoms with Crippen LogP contribution in [-0.4, -0.2) is 39.8 Å². The number of carbonyl (C=O) groups excluding carboxylic acids is 1. The number of ether oxygens (including phenoxy) is 1. The topological polar surface area (TPSA) is 75.7 Å². The van der Waals surface area contributed by atoms with Crippen LogP contribution in [-0.2, 0) is 14.8 Å². The Morgan fingerprint density at radius 3 is 2.39 bits per heavy atom. The molecule has 28 heavy (non-hydrogen) atoms. The second-order valence-electron chi connectivity index (χ2n) is 6.26. The van der Waals surface area contributed by atoms with Gasteiger partial charge in [-0.15, -0.1) is 0 Å². The van der Waals surface area contributed by atoms with Gasteiger partial charge in [-0.3, -0.25) is 9.10 Å². The Balaban J connectivity index is 1.97. The first kappa shape index (κ1) is 22.3. The summed E-state index contributed by atoms with van der Waals surface area (Å²) >= 11 is 11.9. The van der Waals surface area contributed by atoms with Crippen molar-refractivity contribution >= 4 is 44.8 Å². The lowest BCUT2D eigenvalue weighted by Crippen LogP contribution is -2.48. The molecule has 152 valence electrons. The van der Waals surface area contributed by atoms with E-state index < -0.39 is 22.0 Å². The van der Waals surface area contributed by atoms with Crippen LogP contribution in [0.2, 0.25) is 10.0 Å². The lowest BCUT2D eigenvalue weighted by molar-refractivity contribution is -0.121. The number of rotatable bonds is 8. The molecule has 0 spiro atoms. The van der Waals surface area contributed by atoms with Crippen LogP contribution in [0.4, 0.5) is 5.69 Å². The number of nitrogens with one attached hydrogen (secondary N) is 1. The Labute approximate surface area is 175 Å². The maximum Gasteiger partial charge on any atom is 0.243 e. The van der Waals surface area contributed by atoms with E-state index in [-0.39, 0.29) is 13.2 Å². The fraction of sp³-hybridized carbons (Fsp3) is 0.316. The molecule has 2 rings (SSSR count). The Morgan fingerprint density at radius 1 is 1.18 bits per heavy atom. The zero-order chi connectivity index (χ0) is 20.9. The third kappa shape index (κ3) is 6.02. The van der Waals surface area contributed by atoms with Crippen molar-refractivity contribution in [3.63, 3.8) is 0 Å². The molecule has 2 aromatic rings. The maximum atomic E-state index is 12.5. The first-order valence-corrected chi connectivity index (χ1v) is 11.1. The van der Waals surface area contributed by atoms with Crippen molar-refractivity contribution in [1.29, 1.82) is 0 Å². The lowest BCUT2D eigenvalue weighted by Gasteiger charge is -2.28. The molecule has 9 heteroatoms. The monoisotopic (exact) mass is 444 g/mol.